The molecule has 7 heteroatoms. The molecule has 0 saturated heterocycles. The lowest BCUT2D eigenvalue weighted by Crippen LogP contribution is -2.38. The SMILES string of the molecule is CCN(CC)CCN(C(=O)c1ccc(OC)cc1)c1nc2c(SC)cccc2s1. The number of carbonyl (C=O) groups is 1. The van der Waals surface area contributed by atoms with Gasteiger partial charge in [0.15, 0.2) is 5.13 Å². The van der Waals surface area contributed by atoms with E-state index in [0.717, 1.165) is 45.6 Å². The molecule has 3 rings (SSSR count). The number of aromatic nitrogens is 1. The Labute approximate surface area is 180 Å². The van der Waals surface area contributed by atoms with Gasteiger partial charge < -0.3 is 9.64 Å². The van der Waals surface area contributed by atoms with E-state index in [2.05, 4.69) is 37.1 Å². The van der Waals surface area contributed by atoms with Crippen molar-refractivity contribution in [3.8, 4) is 5.75 Å². The zero-order valence-corrected chi connectivity index (χ0v) is 19.0. The van der Waals surface area contributed by atoms with Crippen molar-refractivity contribution < 1.29 is 9.53 Å². The summed E-state index contributed by atoms with van der Waals surface area (Å²) in [4.78, 5) is 23.5. The number of nitrogens with zero attached hydrogens (tertiary/aromatic N) is 3. The minimum Gasteiger partial charge on any atom is -0.497 e. The first-order valence-corrected chi connectivity index (χ1v) is 11.8. The summed E-state index contributed by atoms with van der Waals surface area (Å²) in [6.07, 6.45) is 2.05. The van der Waals surface area contributed by atoms with E-state index in [1.807, 2.05) is 35.2 Å². The molecular weight excluding hydrogens is 402 g/mol. The summed E-state index contributed by atoms with van der Waals surface area (Å²) in [5, 5.41) is 0.745. The van der Waals surface area contributed by atoms with Crippen LogP contribution in [0.2, 0.25) is 0 Å². The number of hydrogen-bond donors (Lipinski definition) is 0. The fraction of sp³-hybridized carbons (Fsp3) is 0.364. The van der Waals surface area contributed by atoms with Gasteiger partial charge in [0.25, 0.3) is 5.91 Å². The average molecular weight is 430 g/mol. The van der Waals surface area contributed by atoms with Crippen molar-refractivity contribution in [1.29, 1.82) is 0 Å². The Hall–Kier alpha value is -2.09. The first-order chi connectivity index (χ1) is 14.1. The highest BCUT2D eigenvalue weighted by Gasteiger charge is 2.22. The van der Waals surface area contributed by atoms with Gasteiger partial charge in [0.05, 0.1) is 17.3 Å². The predicted molar refractivity (Wildman–Crippen MR) is 124 cm³/mol. The summed E-state index contributed by atoms with van der Waals surface area (Å²) in [5.41, 5.74) is 1.60. The number of methoxy groups -OCH3 is 1. The summed E-state index contributed by atoms with van der Waals surface area (Å²) < 4.78 is 6.32. The molecule has 1 heterocycles. The van der Waals surface area contributed by atoms with Crippen LogP contribution in [0.3, 0.4) is 0 Å². The molecular formula is C22H27N3O2S2. The summed E-state index contributed by atoms with van der Waals surface area (Å²) in [6, 6.07) is 13.4. The molecule has 0 radical (unpaired) electrons. The van der Waals surface area contributed by atoms with Crippen molar-refractivity contribution in [3.05, 3.63) is 48.0 Å². The molecule has 0 fully saturated rings. The fourth-order valence-corrected chi connectivity index (χ4v) is 4.79. The molecule has 0 bridgehead atoms. The van der Waals surface area contributed by atoms with Crippen LogP contribution in [0, 0.1) is 0 Å². The van der Waals surface area contributed by atoms with Crippen LogP contribution in [0.4, 0.5) is 5.13 Å². The molecule has 5 nitrogen and oxygen atoms in total. The molecule has 1 amide bonds. The van der Waals surface area contributed by atoms with Crippen molar-refractivity contribution in [2.75, 3.05) is 44.4 Å². The lowest BCUT2D eigenvalue weighted by atomic mass is 10.2. The van der Waals surface area contributed by atoms with Gasteiger partial charge in [0.2, 0.25) is 0 Å². The van der Waals surface area contributed by atoms with E-state index < -0.39 is 0 Å². The third-order valence-electron chi connectivity index (χ3n) is 4.94. The maximum atomic E-state index is 13.4. The van der Waals surface area contributed by atoms with Crippen molar-refractivity contribution in [1.82, 2.24) is 9.88 Å². The van der Waals surface area contributed by atoms with Crippen LogP contribution in [-0.4, -0.2) is 55.3 Å². The van der Waals surface area contributed by atoms with E-state index >= 15 is 0 Å². The first-order valence-electron chi connectivity index (χ1n) is 9.73. The van der Waals surface area contributed by atoms with Crippen LogP contribution in [0.25, 0.3) is 10.2 Å². The maximum Gasteiger partial charge on any atom is 0.260 e. The molecule has 0 saturated carbocycles. The number of fused-ring (bicyclic) bond motifs is 1. The van der Waals surface area contributed by atoms with Crippen LogP contribution in [-0.2, 0) is 0 Å². The predicted octanol–water partition coefficient (Wildman–Crippen LogP) is 5.02. The van der Waals surface area contributed by atoms with Gasteiger partial charge in [0.1, 0.15) is 5.75 Å². The van der Waals surface area contributed by atoms with E-state index in [0.29, 0.717) is 12.1 Å². The van der Waals surface area contributed by atoms with Gasteiger partial charge in [-0.3, -0.25) is 9.69 Å². The fourth-order valence-electron chi connectivity index (χ4n) is 3.15. The number of hydrogen-bond acceptors (Lipinski definition) is 6. The van der Waals surface area contributed by atoms with E-state index in [1.54, 1.807) is 30.2 Å². The molecule has 0 aliphatic rings. The second-order valence-electron chi connectivity index (χ2n) is 6.52. The maximum absolute atomic E-state index is 13.4. The van der Waals surface area contributed by atoms with Crippen molar-refractivity contribution >= 4 is 44.4 Å². The van der Waals surface area contributed by atoms with Gasteiger partial charge in [-0.2, -0.15) is 0 Å². The van der Waals surface area contributed by atoms with E-state index in [1.165, 1.54) is 0 Å². The lowest BCUT2D eigenvalue weighted by Gasteiger charge is -2.24. The Bertz CT molecular complexity index is 952. The standard InChI is InChI=1S/C22H27N3O2S2/c1-5-24(6-2)14-15-25(21(26)16-10-12-17(27-3)13-11-16)22-23-20-18(28-4)8-7-9-19(20)29-22/h7-13H,5-6,14-15H2,1-4H3. The third-order valence-corrected chi connectivity index (χ3v) is 6.75. The highest BCUT2D eigenvalue weighted by Crippen LogP contribution is 2.34. The number of para-hydroxylation sites is 1. The van der Waals surface area contributed by atoms with Gasteiger partial charge in [0, 0.05) is 23.5 Å². The molecule has 0 unspecified atom stereocenters. The molecule has 0 aliphatic heterocycles. The molecule has 3 aromatic rings. The Kier molecular flexibility index (Phi) is 7.52. The smallest absolute Gasteiger partial charge is 0.260 e. The van der Waals surface area contributed by atoms with Crippen LogP contribution in [0.5, 0.6) is 5.75 Å². The van der Waals surface area contributed by atoms with Crippen molar-refractivity contribution in [3.63, 3.8) is 0 Å². The number of carbonyl (C=O) groups excluding carboxylic acids is 1. The average Bonchev–Trinajstić information content (AvgIpc) is 3.20. The summed E-state index contributed by atoms with van der Waals surface area (Å²) >= 11 is 3.25. The molecule has 0 N–H and O–H groups in total. The zero-order chi connectivity index (χ0) is 20.8. The van der Waals surface area contributed by atoms with Crippen LogP contribution in [0.15, 0.2) is 47.4 Å². The van der Waals surface area contributed by atoms with Gasteiger partial charge >= 0.3 is 0 Å². The monoisotopic (exact) mass is 429 g/mol. The quantitative estimate of drug-likeness (QED) is 0.447. The number of rotatable bonds is 9. The number of ether oxygens (including phenoxy) is 1. The van der Waals surface area contributed by atoms with Gasteiger partial charge in [-0.15, -0.1) is 11.8 Å². The molecule has 0 atom stereocenters. The van der Waals surface area contributed by atoms with Gasteiger partial charge in [-0.05, 0) is 55.7 Å². The highest BCUT2D eigenvalue weighted by molar-refractivity contribution is 7.98. The highest BCUT2D eigenvalue weighted by atomic mass is 32.2. The number of anilines is 1. The Morgan fingerprint density at radius 1 is 1.10 bits per heavy atom. The van der Waals surface area contributed by atoms with Crippen LogP contribution < -0.4 is 9.64 Å². The summed E-state index contributed by atoms with van der Waals surface area (Å²) in [7, 11) is 1.62. The molecule has 0 spiro atoms. The third kappa shape index (κ3) is 4.91. The minimum atomic E-state index is -0.0374. The number of thiazole rings is 1. The molecule has 0 aliphatic carbocycles. The van der Waals surface area contributed by atoms with Gasteiger partial charge in [-0.25, -0.2) is 4.98 Å². The Morgan fingerprint density at radius 2 is 1.83 bits per heavy atom. The van der Waals surface area contributed by atoms with Crippen LogP contribution in [0.1, 0.15) is 24.2 Å². The van der Waals surface area contributed by atoms with Crippen LogP contribution >= 0.6 is 23.1 Å². The van der Waals surface area contributed by atoms with E-state index in [-0.39, 0.29) is 5.91 Å². The van der Waals surface area contributed by atoms with Crippen molar-refractivity contribution in [2.45, 2.75) is 18.7 Å². The first kappa shape index (κ1) is 21.6. The topological polar surface area (TPSA) is 45.7 Å². The zero-order valence-electron chi connectivity index (χ0n) is 17.3. The molecule has 2 aromatic carbocycles. The normalized spacial score (nSPS) is 11.2. The summed E-state index contributed by atoms with van der Waals surface area (Å²) in [5.74, 6) is 0.699. The molecule has 29 heavy (non-hydrogen) atoms. The number of benzene rings is 2. The largest absolute Gasteiger partial charge is 0.497 e. The second-order valence-corrected chi connectivity index (χ2v) is 8.37. The number of amides is 1. The molecule has 154 valence electrons. The minimum absolute atomic E-state index is 0.0374. The van der Waals surface area contributed by atoms with E-state index in [9.17, 15) is 4.79 Å². The molecule has 1 aromatic heterocycles. The Morgan fingerprint density at radius 3 is 2.45 bits per heavy atom. The lowest BCUT2D eigenvalue weighted by molar-refractivity contribution is 0.0983. The number of thioether (sulfide) groups is 1. The number of likely N-dealkylation sites (N-methyl/N-ethyl adjacent to an activating group) is 1. The Balaban J connectivity index is 1.96. The van der Waals surface area contributed by atoms with Crippen molar-refractivity contribution in [2.24, 2.45) is 0 Å². The van der Waals surface area contributed by atoms with E-state index in [4.69, 9.17) is 9.72 Å². The summed E-state index contributed by atoms with van der Waals surface area (Å²) in [6.45, 7) is 7.60. The van der Waals surface area contributed by atoms with Gasteiger partial charge in [-0.1, -0.05) is 31.3 Å². The second kappa shape index (κ2) is 10.1.